The predicted molar refractivity (Wildman–Crippen MR) is 75.7 cm³/mol. The zero-order valence-corrected chi connectivity index (χ0v) is 12.5. The largest absolute Gasteiger partial charge is 0.348 e. The van der Waals surface area contributed by atoms with Gasteiger partial charge in [-0.15, -0.1) is 0 Å². The number of piperidine rings is 1. The average Bonchev–Trinajstić information content (AvgIpc) is 2.35. The van der Waals surface area contributed by atoms with Crippen molar-refractivity contribution >= 4 is 11.8 Å². The summed E-state index contributed by atoms with van der Waals surface area (Å²) in [5.41, 5.74) is 0. The van der Waals surface area contributed by atoms with E-state index < -0.39 is 11.8 Å². The molecule has 1 rings (SSSR count). The number of amides is 2. The van der Waals surface area contributed by atoms with Crippen molar-refractivity contribution in [3.05, 3.63) is 0 Å². The maximum atomic E-state index is 11.6. The van der Waals surface area contributed by atoms with Crippen LogP contribution in [0.25, 0.3) is 0 Å². The number of hydrogen-bond donors (Lipinski definition) is 2. The molecule has 1 aliphatic heterocycles. The Balaban J connectivity index is 2.23. The van der Waals surface area contributed by atoms with Crippen LogP contribution in [0, 0.1) is 5.92 Å². The maximum absolute atomic E-state index is 11.6. The molecule has 1 aliphatic rings. The molecule has 1 heterocycles. The quantitative estimate of drug-likeness (QED) is 0.740. The molecule has 0 saturated carbocycles. The molecule has 2 N–H and O–H groups in total. The van der Waals surface area contributed by atoms with E-state index in [1.165, 1.54) is 0 Å². The fraction of sp³-hybridized carbons (Fsp3) is 0.857. The van der Waals surface area contributed by atoms with Crippen LogP contribution in [0.15, 0.2) is 0 Å². The van der Waals surface area contributed by atoms with Gasteiger partial charge in [-0.1, -0.05) is 0 Å². The number of rotatable bonds is 4. The summed E-state index contributed by atoms with van der Waals surface area (Å²) in [4.78, 5) is 25.4. The Hall–Kier alpha value is -1.10. The van der Waals surface area contributed by atoms with E-state index in [0.29, 0.717) is 18.5 Å². The summed E-state index contributed by atoms with van der Waals surface area (Å²) in [6.45, 7) is 10.9. The number of carbonyl (C=O) groups is 2. The van der Waals surface area contributed by atoms with Crippen molar-refractivity contribution in [3.63, 3.8) is 0 Å². The minimum absolute atomic E-state index is 0.00692. The van der Waals surface area contributed by atoms with Crippen LogP contribution in [-0.2, 0) is 9.59 Å². The Kier molecular flexibility index (Phi) is 6.28. The monoisotopic (exact) mass is 269 g/mol. The SMILES string of the molecule is CC(C)NC(=O)C(=O)NCC1CCN(C(C)C)CC1. The van der Waals surface area contributed by atoms with Crippen molar-refractivity contribution in [2.75, 3.05) is 19.6 Å². The molecule has 0 unspecified atom stereocenters. The van der Waals surface area contributed by atoms with Gasteiger partial charge >= 0.3 is 11.8 Å². The predicted octanol–water partition coefficient (Wildman–Crippen LogP) is 0.748. The third kappa shape index (κ3) is 5.59. The molecule has 19 heavy (non-hydrogen) atoms. The first-order chi connectivity index (χ1) is 8.90. The van der Waals surface area contributed by atoms with Crippen LogP contribution in [-0.4, -0.2) is 48.4 Å². The summed E-state index contributed by atoms with van der Waals surface area (Å²) in [5, 5.41) is 5.33. The highest BCUT2D eigenvalue weighted by Gasteiger charge is 2.22. The van der Waals surface area contributed by atoms with Gasteiger partial charge in [0.2, 0.25) is 0 Å². The first kappa shape index (κ1) is 16.0. The van der Waals surface area contributed by atoms with Crippen molar-refractivity contribution in [2.45, 2.75) is 52.6 Å². The third-order valence-electron chi connectivity index (χ3n) is 3.56. The second-order valence-corrected chi connectivity index (χ2v) is 5.91. The molecule has 0 aliphatic carbocycles. The molecule has 110 valence electrons. The van der Waals surface area contributed by atoms with Crippen LogP contribution in [0.2, 0.25) is 0 Å². The molecule has 0 aromatic rings. The fourth-order valence-electron chi connectivity index (χ4n) is 2.32. The van der Waals surface area contributed by atoms with E-state index in [-0.39, 0.29) is 6.04 Å². The molecule has 2 amide bonds. The molecule has 5 heteroatoms. The topological polar surface area (TPSA) is 61.4 Å². The summed E-state index contributed by atoms with van der Waals surface area (Å²) in [6.07, 6.45) is 2.18. The van der Waals surface area contributed by atoms with Crippen molar-refractivity contribution in [2.24, 2.45) is 5.92 Å². The van der Waals surface area contributed by atoms with Crippen LogP contribution in [0.4, 0.5) is 0 Å². The summed E-state index contributed by atoms with van der Waals surface area (Å²) in [7, 11) is 0. The smallest absolute Gasteiger partial charge is 0.309 e. The van der Waals surface area contributed by atoms with Crippen LogP contribution in [0.1, 0.15) is 40.5 Å². The summed E-state index contributed by atoms with van der Waals surface area (Å²) in [6, 6.07) is 0.583. The van der Waals surface area contributed by atoms with Gasteiger partial charge in [-0.25, -0.2) is 0 Å². The molecule has 0 aromatic heterocycles. The Morgan fingerprint density at radius 2 is 1.68 bits per heavy atom. The van der Waals surface area contributed by atoms with Gasteiger partial charge in [0, 0.05) is 18.6 Å². The van der Waals surface area contributed by atoms with E-state index >= 15 is 0 Å². The molecule has 0 radical (unpaired) electrons. The third-order valence-corrected chi connectivity index (χ3v) is 3.56. The van der Waals surface area contributed by atoms with Gasteiger partial charge in [-0.2, -0.15) is 0 Å². The number of likely N-dealkylation sites (tertiary alicyclic amines) is 1. The van der Waals surface area contributed by atoms with Gasteiger partial charge in [0.1, 0.15) is 0 Å². The molecule has 0 bridgehead atoms. The number of nitrogens with zero attached hydrogens (tertiary/aromatic N) is 1. The van der Waals surface area contributed by atoms with E-state index in [0.717, 1.165) is 25.9 Å². The standard InChI is InChI=1S/C14H27N3O2/c1-10(2)16-14(19)13(18)15-9-12-5-7-17(8-6-12)11(3)4/h10-12H,5-9H2,1-4H3,(H,15,18)(H,16,19). The second kappa shape index (κ2) is 7.48. The Labute approximate surface area is 116 Å². The molecule has 1 fully saturated rings. The van der Waals surface area contributed by atoms with Crippen molar-refractivity contribution < 1.29 is 9.59 Å². The molecule has 1 saturated heterocycles. The van der Waals surface area contributed by atoms with Crippen LogP contribution in [0.5, 0.6) is 0 Å². The minimum atomic E-state index is -0.533. The van der Waals surface area contributed by atoms with Crippen LogP contribution >= 0.6 is 0 Å². The Morgan fingerprint density at radius 3 is 2.16 bits per heavy atom. The summed E-state index contributed by atoms with van der Waals surface area (Å²) >= 11 is 0. The highest BCUT2D eigenvalue weighted by atomic mass is 16.2. The van der Waals surface area contributed by atoms with Crippen LogP contribution in [0.3, 0.4) is 0 Å². The average molecular weight is 269 g/mol. The molecular formula is C14H27N3O2. The lowest BCUT2D eigenvalue weighted by Crippen LogP contribution is -2.46. The van der Waals surface area contributed by atoms with Gasteiger partial charge in [-0.3, -0.25) is 9.59 Å². The number of nitrogens with one attached hydrogen (secondary N) is 2. The van der Waals surface area contributed by atoms with Gasteiger partial charge in [0.25, 0.3) is 0 Å². The van der Waals surface area contributed by atoms with Crippen molar-refractivity contribution in [1.82, 2.24) is 15.5 Å². The Bertz CT molecular complexity index is 308. The molecule has 5 nitrogen and oxygen atoms in total. The molecule has 0 spiro atoms. The summed E-state index contributed by atoms with van der Waals surface area (Å²) in [5.74, 6) is -0.555. The zero-order chi connectivity index (χ0) is 14.4. The number of hydrogen-bond acceptors (Lipinski definition) is 3. The first-order valence-electron chi connectivity index (χ1n) is 7.23. The van der Waals surface area contributed by atoms with Crippen molar-refractivity contribution in [1.29, 1.82) is 0 Å². The Morgan fingerprint density at radius 1 is 1.11 bits per heavy atom. The van der Waals surface area contributed by atoms with E-state index in [9.17, 15) is 9.59 Å². The van der Waals surface area contributed by atoms with Crippen LogP contribution < -0.4 is 10.6 Å². The van der Waals surface area contributed by atoms with Gasteiger partial charge in [0.15, 0.2) is 0 Å². The van der Waals surface area contributed by atoms with Gasteiger partial charge in [0.05, 0.1) is 0 Å². The minimum Gasteiger partial charge on any atom is -0.348 e. The first-order valence-corrected chi connectivity index (χ1v) is 7.23. The van der Waals surface area contributed by atoms with Gasteiger partial charge in [-0.05, 0) is 59.5 Å². The number of carbonyl (C=O) groups excluding carboxylic acids is 2. The van der Waals surface area contributed by atoms with E-state index in [1.54, 1.807) is 0 Å². The fourth-order valence-corrected chi connectivity index (χ4v) is 2.32. The zero-order valence-electron chi connectivity index (χ0n) is 12.5. The molecular weight excluding hydrogens is 242 g/mol. The maximum Gasteiger partial charge on any atom is 0.309 e. The lowest BCUT2D eigenvalue weighted by Gasteiger charge is -2.34. The summed E-state index contributed by atoms with van der Waals surface area (Å²) < 4.78 is 0. The molecule has 0 atom stereocenters. The van der Waals surface area contributed by atoms with Gasteiger partial charge < -0.3 is 15.5 Å². The van der Waals surface area contributed by atoms with E-state index in [4.69, 9.17) is 0 Å². The van der Waals surface area contributed by atoms with Crippen molar-refractivity contribution in [3.8, 4) is 0 Å². The van der Waals surface area contributed by atoms with E-state index in [1.807, 2.05) is 13.8 Å². The van der Waals surface area contributed by atoms with E-state index in [2.05, 4.69) is 29.4 Å². The molecule has 0 aromatic carbocycles. The normalized spacial score (nSPS) is 17.8. The highest BCUT2D eigenvalue weighted by molar-refractivity contribution is 6.35. The lowest BCUT2D eigenvalue weighted by atomic mass is 9.96. The second-order valence-electron chi connectivity index (χ2n) is 5.91. The lowest BCUT2D eigenvalue weighted by molar-refractivity contribution is -0.139. The highest BCUT2D eigenvalue weighted by Crippen LogP contribution is 2.17.